The van der Waals surface area contributed by atoms with Gasteiger partial charge < -0.3 is 15.0 Å². The lowest BCUT2D eigenvalue weighted by molar-refractivity contribution is 0.0952. The van der Waals surface area contributed by atoms with E-state index >= 15 is 0 Å². The fourth-order valence-corrected chi connectivity index (χ4v) is 3.05. The molecule has 0 bridgehead atoms. The van der Waals surface area contributed by atoms with Crippen LogP contribution in [0.3, 0.4) is 0 Å². The third-order valence-corrected chi connectivity index (χ3v) is 4.36. The lowest BCUT2D eigenvalue weighted by Gasteiger charge is -2.29. The number of ether oxygens (including phenoxy) is 1. The van der Waals surface area contributed by atoms with Crippen molar-refractivity contribution >= 4 is 17.4 Å². The molecule has 1 aliphatic heterocycles. The molecule has 1 saturated heterocycles. The van der Waals surface area contributed by atoms with Crippen LogP contribution >= 0.6 is 0 Å². The van der Waals surface area contributed by atoms with Crippen molar-refractivity contribution in [1.82, 2.24) is 24.9 Å². The van der Waals surface area contributed by atoms with Gasteiger partial charge in [-0.05, 0) is 24.3 Å². The van der Waals surface area contributed by atoms with E-state index in [0.29, 0.717) is 37.6 Å². The third-order valence-electron chi connectivity index (χ3n) is 4.36. The molecule has 4 heterocycles. The molecule has 26 heavy (non-hydrogen) atoms. The first-order valence-electron chi connectivity index (χ1n) is 8.67. The van der Waals surface area contributed by atoms with Gasteiger partial charge in [-0.3, -0.25) is 9.20 Å². The van der Waals surface area contributed by atoms with Crippen LogP contribution < -0.4 is 10.2 Å². The van der Waals surface area contributed by atoms with Crippen molar-refractivity contribution in [2.75, 3.05) is 37.7 Å². The Labute approximate surface area is 150 Å². The Morgan fingerprint density at radius 3 is 2.92 bits per heavy atom. The number of morpholine rings is 1. The summed E-state index contributed by atoms with van der Waals surface area (Å²) in [4.78, 5) is 19.1. The maximum atomic E-state index is 12.6. The molecule has 3 aromatic rings. The number of aromatic nitrogens is 4. The summed E-state index contributed by atoms with van der Waals surface area (Å²) >= 11 is 0. The van der Waals surface area contributed by atoms with Crippen LogP contribution in [-0.2, 0) is 11.2 Å². The average molecular weight is 352 g/mol. The van der Waals surface area contributed by atoms with Crippen molar-refractivity contribution in [2.45, 2.75) is 6.42 Å². The molecule has 0 aliphatic carbocycles. The number of anilines is 1. The Morgan fingerprint density at radius 2 is 2.04 bits per heavy atom. The zero-order valence-electron chi connectivity index (χ0n) is 14.3. The summed E-state index contributed by atoms with van der Waals surface area (Å²) in [7, 11) is 0. The maximum absolute atomic E-state index is 12.6. The molecule has 1 aliphatic rings. The van der Waals surface area contributed by atoms with E-state index in [9.17, 15) is 4.79 Å². The first-order valence-corrected chi connectivity index (χ1v) is 8.67. The van der Waals surface area contributed by atoms with Gasteiger partial charge in [0.25, 0.3) is 5.91 Å². The van der Waals surface area contributed by atoms with Crippen LogP contribution in [0.1, 0.15) is 16.2 Å². The van der Waals surface area contributed by atoms with Crippen LogP contribution in [0.5, 0.6) is 0 Å². The van der Waals surface area contributed by atoms with Crippen molar-refractivity contribution in [3.63, 3.8) is 0 Å². The molecule has 0 radical (unpaired) electrons. The van der Waals surface area contributed by atoms with Crippen LogP contribution in [0.15, 0.2) is 42.7 Å². The first kappa shape index (κ1) is 16.5. The first-order chi connectivity index (χ1) is 12.8. The maximum Gasteiger partial charge on any atom is 0.255 e. The highest BCUT2D eigenvalue weighted by atomic mass is 16.5. The SMILES string of the molecule is O=C(NCCc1nnc2ccccn12)c1cccnc1N1CCOCC1. The van der Waals surface area contributed by atoms with Crippen molar-refractivity contribution in [2.24, 2.45) is 0 Å². The smallest absolute Gasteiger partial charge is 0.255 e. The number of hydrogen-bond acceptors (Lipinski definition) is 6. The summed E-state index contributed by atoms with van der Waals surface area (Å²) in [5.74, 6) is 1.40. The molecule has 1 fully saturated rings. The number of fused-ring (bicyclic) bond motifs is 1. The van der Waals surface area contributed by atoms with E-state index in [-0.39, 0.29) is 5.91 Å². The van der Waals surface area contributed by atoms with Crippen molar-refractivity contribution < 1.29 is 9.53 Å². The molecule has 1 N–H and O–H groups in total. The number of pyridine rings is 2. The van der Waals surface area contributed by atoms with Crippen molar-refractivity contribution in [1.29, 1.82) is 0 Å². The molecular formula is C18H20N6O2. The van der Waals surface area contributed by atoms with Crippen LogP contribution in [0.2, 0.25) is 0 Å². The van der Waals surface area contributed by atoms with E-state index in [2.05, 4.69) is 25.4 Å². The molecule has 3 aromatic heterocycles. The van der Waals surface area contributed by atoms with Crippen LogP contribution in [0.4, 0.5) is 5.82 Å². The third kappa shape index (κ3) is 3.36. The normalized spacial score (nSPS) is 14.5. The summed E-state index contributed by atoms with van der Waals surface area (Å²) in [5, 5.41) is 11.3. The number of amides is 1. The largest absolute Gasteiger partial charge is 0.378 e. The topological polar surface area (TPSA) is 84.7 Å². The predicted molar refractivity (Wildman–Crippen MR) is 96.3 cm³/mol. The second-order valence-electron chi connectivity index (χ2n) is 6.02. The average Bonchev–Trinajstić information content (AvgIpc) is 3.12. The number of nitrogens with zero attached hydrogens (tertiary/aromatic N) is 5. The van der Waals surface area contributed by atoms with Crippen LogP contribution in [-0.4, -0.2) is 58.3 Å². The second kappa shape index (κ2) is 7.49. The van der Waals surface area contributed by atoms with Crippen molar-refractivity contribution in [3.8, 4) is 0 Å². The quantitative estimate of drug-likeness (QED) is 0.735. The Morgan fingerprint density at radius 1 is 1.15 bits per heavy atom. The Balaban J connectivity index is 1.42. The number of carbonyl (C=O) groups is 1. The Bertz CT molecular complexity index is 903. The lowest BCUT2D eigenvalue weighted by Crippen LogP contribution is -2.38. The molecule has 0 spiro atoms. The van der Waals surface area contributed by atoms with Gasteiger partial charge in [0, 0.05) is 38.4 Å². The van der Waals surface area contributed by atoms with Gasteiger partial charge in [0.05, 0.1) is 18.8 Å². The summed E-state index contributed by atoms with van der Waals surface area (Å²) in [6.07, 6.45) is 4.23. The zero-order valence-corrected chi connectivity index (χ0v) is 14.3. The van der Waals surface area contributed by atoms with E-state index in [1.165, 1.54) is 0 Å². The van der Waals surface area contributed by atoms with E-state index in [0.717, 1.165) is 24.6 Å². The lowest BCUT2D eigenvalue weighted by atomic mass is 10.2. The highest BCUT2D eigenvalue weighted by Gasteiger charge is 2.19. The Kier molecular flexibility index (Phi) is 4.74. The van der Waals surface area contributed by atoms with Gasteiger partial charge in [-0.2, -0.15) is 0 Å². The molecular weight excluding hydrogens is 332 g/mol. The Hall–Kier alpha value is -3.00. The van der Waals surface area contributed by atoms with Crippen LogP contribution in [0, 0.1) is 0 Å². The van der Waals surface area contributed by atoms with Gasteiger partial charge >= 0.3 is 0 Å². The minimum atomic E-state index is -0.131. The summed E-state index contributed by atoms with van der Waals surface area (Å²) < 4.78 is 7.30. The fourth-order valence-electron chi connectivity index (χ4n) is 3.05. The summed E-state index contributed by atoms with van der Waals surface area (Å²) in [5.41, 5.74) is 1.39. The minimum absolute atomic E-state index is 0.131. The zero-order chi connectivity index (χ0) is 17.8. The molecule has 8 heteroatoms. The summed E-state index contributed by atoms with van der Waals surface area (Å²) in [6, 6.07) is 9.34. The van der Waals surface area contributed by atoms with Gasteiger partial charge in [-0.25, -0.2) is 4.98 Å². The molecule has 1 amide bonds. The number of hydrogen-bond donors (Lipinski definition) is 1. The molecule has 0 saturated carbocycles. The van der Waals surface area contributed by atoms with Crippen molar-refractivity contribution in [3.05, 3.63) is 54.1 Å². The number of rotatable bonds is 5. The monoisotopic (exact) mass is 352 g/mol. The number of carbonyl (C=O) groups excluding carboxylic acids is 1. The van der Waals surface area contributed by atoms with E-state index < -0.39 is 0 Å². The molecule has 134 valence electrons. The molecule has 0 unspecified atom stereocenters. The van der Waals surface area contributed by atoms with E-state index in [4.69, 9.17) is 4.74 Å². The van der Waals surface area contributed by atoms with Crippen LogP contribution in [0.25, 0.3) is 5.65 Å². The van der Waals surface area contributed by atoms with Gasteiger partial charge in [0.1, 0.15) is 11.6 Å². The van der Waals surface area contributed by atoms with Gasteiger partial charge in [0.2, 0.25) is 0 Å². The second-order valence-corrected chi connectivity index (χ2v) is 6.02. The van der Waals surface area contributed by atoms with Gasteiger partial charge in [0.15, 0.2) is 5.65 Å². The molecule has 0 atom stereocenters. The van der Waals surface area contributed by atoms with E-state index in [1.54, 1.807) is 18.3 Å². The number of nitrogens with one attached hydrogen (secondary N) is 1. The minimum Gasteiger partial charge on any atom is -0.378 e. The summed E-state index contributed by atoms with van der Waals surface area (Å²) in [6.45, 7) is 3.26. The fraction of sp³-hybridized carbons (Fsp3) is 0.333. The molecule has 0 aromatic carbocycles. The van der Waals surface area contributed by atoms with Gasteiger partial charge in [-0.1, -0.05) is 6.07 Å². The van der Waals surface area contributed by atoms with Gasteiger partial charge in [-0.15, -0.1) is 10.2 Å². The predicted octanol–water partition coefficient (Wildman–Crippen LogP) is 0.933. The molecule has 4 rings (SSSR count). The highest BCUT2D eigenvalue weighted by molar-refractivity contribution is 5.98. The highest BCUT2D eigenvalue weighted by Crippen LogP contribution is 2.18. The van der Waals surface area contributed by atoms with E-state index in [1.807, 2.05) is 28.8 Å². The standard InChI is InChI=1S/C18H20N6O2/c25-18(14-4-3-7-19-17(14)23-10-12-26-13-11-23)20-8-6-16-22-21-15-5-1-2-9-24(15)16/h1-5,7,9H,6,8,10-13H2,(H,20,25). The molecule has 8 nitrogen and oxygen atoms in total.